The van der Waals surface area contributed by atoms with Gasteiger partial charge < -0.3 is 10.3 Å². The summed E-state index contributed by atoms with van der Waals surface area (Å²) in [5.74, 6) is 0.509. The number of aromatic nitrogens is 1. The summed E-state index contributed by atoms with van der Waals surface area (Å²) in [7, 11) is 0. The summed E-state index contributed by atoms with van der Waals surface area (Å²) in [5.41, 5.74) is 7.10. The molecule has 16 heavy (non-hydrogen) atoms. The minimum Gasteiger partial charge on any atom is -0.399 e. The van der Waals surface area contributed by atoms with Crippen molar-refractivity contribution in [2.75, 3.05) is 5.73 Å². The van der Waals surface area contributed by atoms with E-state index in [0.29, 0.717) is 11.6 Å². The fraction of sp³-hybridized carbons (Fsp3) is 0.615. The highest BCUT2D eigenvalue weighted by atomic mass is 16.1. The van der Waals surface area contributed by atoms with E-state index in [1.54, 1.807) is 0 Å². The molecule has 0 saturated carbocycles. The summed E-state index contributed by atoms with van der Waals surface area (Å²) in [5, 5.41) is 0. The van der Waals surface area contributed by atoms with Crippen LogP contribution in [0.5, 0.6) is 0 Å². The summed E-state index contributed by atoms with van der Waals surface area (Å²) in [6.45, 7) is 10.4. The molecule has 0 unspecified atom stereocenters. The van der Waals surface area contributed by atoms with Crippen LogP contribution in [0, 0.1) is 5.92 Å². The molecule has 0 atom stereocenters. The molecule has 0 aliphatic heterocycles. The van der Waals surface area contributed by atoms with Gasteiger partial charge in [-0.2, -0.15) is 0 Å². The molecule has 0 fully saturated rings. The fourth-order valence-corrected chi connectivity index (χ4v) is 1.98. The van der Waals surface area contributed by atoms with Crippen molar-refractivity contribution >= 4 is 5.69 Å². The van der Waals surface area contributed by atoms with Gasteiger partial charge in [-0.25, -0.2) is 0 Å². The lowest BCUT2D eigenvalue weighted by Gasteiger charge is -2.27. The van der Waals surface area contributed by atoms with E-state index in [1.165, 1.54) is 6.07 Å². The Hall–Kier alpha value is -1.25. The van der Waals surface area contributed by atoms with Gasteiger partial charge in [0.05, 0.1) is 0 Å². The molecule has 0 saturated heterocycles. The molecule has 1 aromatic rings. The number of pyridine rings is 1. The maximum absolute atomic E-state index is 12.0. The largest absolute Gasteiger partial charge is 0.399 e. The number of nitrogens with two attached hydrogens (primary N) is 1. The van der Waals surface area contributed by atoms with Crippen molar-refractivity contribution < 1.29 is 0 Å². The third-order valence-corrected chi connectivity index (χ3v) is 2.42. The lowest BCUT2D eigenvalue weighted by molar-refractivity contribution is 0.365. The molecule has 0 aliphatic carbocycles. The van der Waals surface area contributed by atoms with Crippen LogP contribution in [-0.2, 0) is 12.0 Å². The number of hydrogen-bond acceptors (Lipinski definition) is 2. The molecule has 1 rings (SSSR count). The lowest BCUT2D eigenvalue weighted by Crippen LogP contribution is -2.36. The zero-order valence-corrected chi connectivity index (χ0v) is 10.9. The van der Waals surface area contributed by atoms with Gasteiger partial charge in [-0.15, -0.1) is 0 Å². The van der Waals surface area contributed by atoms with Crippen molar-refractivity contribution in [1.82, 2.24) is 4.57 Å². The van der Waals surface area contributed by atoms with E-state index in [0.717, 1.165) is 12.1 Å². The number of hydrogen-bond donors (Lipinski definition) is 1. The molecule has 3 heteroatoms. The summed E-state index contributed by atoms with van der Waals surface area (Å²) in [6.07, 6.45) is 0.873. The first-order valence-electron chi connectivity index (χ1n) is 5.73. The molecule has 0 bridgehead atoms. The molecule has 1 aromatic heterocycles. The lowest BCUT2D eigenvalue weighted by atomic mass is 10.0. The first-order valence-corrected chi connectivity index (χ1v) is 5.73. The Morgan fingerprint density at radius 2 is 1.88 bits per heavy atom. The summed E-state index contributed by atoms with van der Waals surface area (Å²) < 4.78 is 1.84. The van der Waals surface area contributed by atoms with Gasteiger partial charge in [0.1, 0.15) is 0 Å². The van der Waals surface area contributed by atoms with E-state index in [9.17, 15) is 4.79 Å². The topological polar surface area (TPSA) is 48.0 Å². The predicted octanol–water partition coefficient (Wildman–Crippen LogP) is 2.38. The summed E-state index contributed by atoms with van der Waals surface area (Å²) in [6, 6.07) is 3.40. The van der Waals surface area contributed by atoms with E-state index in [-0.39, 0.29) is 11.1 Å². The van der Waals surface area contributed by atoms with E-state index in [2.05, 4.69) is 13.8 Å². The van der Waals surface area contributed by atoms with Crippen LogP contribution >= 0.6 is 0 Å². The fourth-order valence-electron chi connectivity index (χ4n) is 1.98. The van der Waals surface area contributed by atoms with Crippen molar-refractivity contribution in [1.29, 1.82) is 0 Å². The Labute approximate surface area is 97.3 Å². The number of anilines is 1. The van der Waals surface area contributed by atoms with Crippen LogP contribution in [0.15, 0.2) is 16.9 Å². The molecular weight excluding hydrogens is 200 g/mol. The quantitative estimate of drug-likeness (QED) is 0.835. The van der Waals surface area contributed by atoms with Gasteiger partial charge in [0, 0.05) is 23.0 Å². The molecule has 3 nitrogen and oxygen atoms in total. The molecule has 0 amide bonds. The van der Waals surface area contributed by atoms with Crippen LogP contribution in [0.25, 0.3) is 0 Å². The van der Waals surface area contributed by atoms with Gasteiger partial charge in [0.25, 0.3) is 5.56 Å². The van der Waals surface area contributed by atoms with E-state index >= 15 is 0 Å². The summed E-state index contributed by atoms with van der Waals surface area (Å²) in [4.78, 5) is 12.0. The van der Waals surface area contributed by atoms with E-state index in [1.807, 2.05) is 31.4 Å². The van der Waals surface area contributed by atoms with Gasteiger partial charge in [-0.3, -0.25) is 4.79 Å². The van der Waals surface area contributed by atoms with Gasteiger partial charge >= 0.3 is 0 Å². The smallest absolute Gasteiger partial charge is 0.253 e. The molecule has 0 spiro atoms. The Balaban J connectivity index is 3.39. The van der Waals surface area contributed by atoms with E-state index < -0.39 is 0 Å². The van der Waals surface area contributed by atoms with E-state index in [4.69, 9.17) is 5.73 Å². The van der Waals surface area contributed by atoms with Gasteiger partial charge in [-0.1, -0.05) is 13.8 Å². The highest BCUT2D eigenvalue weighted by molar-refractivity contribution is 5.38. The SMILES string of the molecule is CC(C)Cc1cc(N)cc(=O)n1C(C)(C)C. The summed E-state index contributed by atoms with van der Waals surface area (Å²) >= 11 is 0. The highest BCUT2D eigenvalue weighted by Crippen LogP contribution is 2.18. The van der Waals surface area contributed by atoms with Crippen LogP contribution in [0.3, 0.4) is 0 Å². The number of nitrogens with zero attached hydrogens (tertiary/aromatic N) is 1. The van der Waals surface area contributed by atoms with Crippen LogP contribution in [0.2, 0.25) is 0 Å². The van der Waals surface area contributed by atoms with Crippen molar-refractivity contribution in [2.45, 2.75) is 46.6 Å². The average Bonchev–Trinajstić information content (AvgIpc) is 1.96. The average molecular weight is 222 g/mol. The molecule has 0 aromatic carbocycles. The molecule has 1 heterocycles. The number of nitrogen functional groups attached to an aromatic ring is 1. The van der Waals surface area contributed by atoms with Crippen molar-refractivity contribution in [3.8, 4) is 0 Å². The zero-order chi connectivity index (χ0) is 12.5. The minimum absolute atomic E-state index is 0.0110. The second-order valence-electron chi connectivity index (χ2n) is 5.72. The van der Waals surface area contributed by atoms with Crippen molar-refractivity contribution in [2.24, 2.45) is 5.92 Å². The van der Waals surface area contributed by atoms with Crippen LogP contribution in [0.4, 0.5) is 5.69 Å². The third kappa shape index (κ3) is 2.87. The highest BCUT2D eigenvalue weighted by Gasteiger charge is 2.19. The Bertz CT molecular complexity index is 425. The monoisotopic (exact) mass is 222 g/mol. The third-order valence-electron chi connectivity index (χ3n) is 2.42. The first-order chi connectivity index (χ1) is 7.21. The second kappa shape index (κ2) is 4.32. The Morgan fingerprint density at radius 3 is 2.31 bits per heavy atom. The molecule has 90 valence electrons. The molecule has 2 N–H and O–H groups in total. The Kier molecular flexibility index (Phi) is 3.46. The molecule has 0 radical (unpaired) electrons. The van der Waals surface area contributed by atoms with Crippen molar-refractivity contribution in [3.63, 3.8) is 0 Å². The zero-order valence-electron chi connectivity index (χ0n) is 10.9. The van der Waals surface area contributed by atoms with Crippen LogP contribution < -0.4 is 11.3 Å². The molecular formula is C13H22N2O. The van der Waals surface area contributed by atoms with Gasteiger partial charge in [0.2, 0.25) is 0 Å². The standard InChI is InChI=1S/C13H22N2O/c1-9(2)6-11-7-10(14)8-12(16)15(11)13(3,4)5/h7-9H,6,14H2,1-5H3. The second-order valence-corrected chi connectivity index (χ2v) is 5.72. The van der Waals surface area contributed by atoms with Gasteiger partial charge in [-0.05, 0) is 39.2 Å². The minimum atomic E-state index is -0.199. The first kappa shape index (κ1) is 12.8. The Morgan fingerprint density at radius 1 is 1.31 bits per heavy atom. The van der Waals surface area contributed by atoms with Crippen LogP contribution in [0.1, 0.15) is 40.3 Å². The maximum atomic E-state index is 12.0. The molecule has 0 aliphatic rings. The predicted molar refractivity (Wildman–Crippen MR) is 68.7 cm³/mol. The maximum Gasteiger partial charge on any atom is 0.253 e. The van der Waals surface area contributed by atoms with Gasteiger partial charge in [0.15, 0.2) is 0 Å². The van der Waals surface area contributed by atoms with Crippen LogP contribution in [-0.4, -0.2) is 4.57 Å². The number of rotatable bonds is 2. The van der Waals surface area contributed by atoms with Crippen molar-refractivity contribution in [3.05, 3.63) is 28.2 Å². The normalized spacial score (nSPS) is 12.1.